The summed E-state index contributed by atoms with van der Waals surface area (Å²) in [5.74, 6) is 1.03. The van der Waals surface area contributed by atoms with E-state index < -0.39 is 6.04 Å². The van der Waals surface area contributed by atoms with Gasteiger partial charge in [-0.05, 0) is 63.3 Å². The Bertz CT molecular complexity index is 1310. The fourth-order valence-corrected chi connectivity index (χ4v) is 5.53. The summed E-state index contributed by atoms with van der Waals surface area (Å²) in [6.07, 6.45) is 4.27. The van der Waals surface area contributed by atoms with Crippen molar-refractivity contribution >= 4 is 50.9 Å². The van der Waals surface area contributed by atoms with Crippen molar-refractivity contribution in [2.45, 2.75) is 51.7 Å². The average molecular weight is 541 g/mol. The minimum Gasteiger partial charge on any atom is -0.461 e. The first-order valence-electron chi connectivity index (χ1n) is 12.9. The summed E-state index contributed by atoms with van der Waals surface area (Å²) in [7, 11) is 0. The molecule has 0 aliphatic carbocycles. The predicted molar refractivity (Wildman–Crippen MR) is 145 cm³/mol. The van der Waals surface area contributed by atoms with Crippen molar-refractivity contribution in [2.24, 2.45) is 4.99 Å². The Balaban J connectivity index is 1.38. The van der Waals surface area contributed by atoms with Crippen molar-refractivity contribution in [1.82, 2.24) is 14.8 Å². The molecule has 0 radical (unpaired) electrons. The highest BCUT2D eigenvalue weighted by atomic mass is 32.1. The lowest BCUT2D eigenvalue weighted by Gasteiger charge is -2.25. The Kier molecular flexibility index (Phi) is 8.20. The number of rotatable bonds is 7. The van der Waals surface area contributed by atoms with Crippen LogP contribution in [0.25, 0.3) is 11.0 Å². The number of nitrogens with one attached hydrogen (secondary N) is 2. The number of likely N-dealkylation sites (tertiary alicyclic amines) is 2. The minimum absolute atomic E-state index is 0.00192. The SMILES string of the molecule is Cc1cc2cc(NC(=NC3CCCCN(CC(=O)N4CCCC4)C3=O)Nc3nc(COO)cs3)ccc2o1. The molecule has 1 atom stereocenters. The molecule has 5 rings (SSSR count). The van der Waals surface area contributed by atoms with E-state index in [0.717, 1.165) is 61.2 Å². The third-order valence-electron chi connectivity index (χ3n) is 6.71. The molecule has 11 nitrogen and oxygen atoms in total. The summed E-state index contributed by atoms with van der Waals surface area (Å²) in [4.78, 5) is 43.2. The second-order valence-corrected chi connectivity index (χ2v) is 10.5. The molecular weight excluding hydrogens is 508 g/mol. The van der Waals surface area contributed by atoms with Crippen LogP contribution >= 0.6 is 11.3 Å². The zero-order chi connectivity index (χ0) is 26.5. The molecule has 2 aromatic heterocycles. The van der Waals surface area contributed by atoms with Gasteiger partial charge in [0.05, 0.1) is 12.2 Å². The van der Waals surface area contributed by atoms with E-state index in [1.54, 1.807) is 10.3 Å². The molecule has 2 aliphatic heterocycles. The number of carbonyl (C=O) groups is 2. The van der Waals surface area contributed by atoms with Gasteiger partial charge in [-0.1, -0.05) is 0 Å². The highest BCUT2D eigenvalue weighted by molar-refractivity contribution is 7.14. The van der Waals surface area contributed by atoms with Crippen molar-refractivity contribution in [3.63, 3.8) is 0 Å². The van der Waals surface area contributed by atoms with E-state index in [4.69, 9.17) is 14.7 Å². The van der Waals surface area contributed by atoms with E-state index >= 15 is 0 Å². The number of hydrogen-bond acceptors (Lipinski definition) is 8. The van der Waals surface area contributed by atoms with Crippen molar-refractivity contribution in [2.75, 3.05) is 36.8 Å². The smallest absolute Gasteiger partial charge is 0.247 e. The molecule has 2 aliphatic rings. The molecule has 12 heteroatoms. The second kappa shape index (κ2) is 11.9. The van der Waals surface area contributed by atoms with E-state index in [0.29, 0.717) is 29.8 Å². The Morgan fingerprint density at radius 1 is 1.21 bits per heavy atom. The molecule has 2 saturated heterocycles. The van der Waals surface area contributed by atoms with E-state index in [2.05, 4.69) is 20.5 Å². The number of anilines is 2. The van der Waals surface area contributed by atoms with Crippen molar-refractivity contribution in [3.05, 3.63) is 41.1 Å². The van der Waals surface area contributed by atoms with Crippen molar-refractivity contribution in [3.8, 4) is 0 Å². The molecule has 0 saturated carbocycles. The van der Waals surface area contributed by atoms with Crippen molar-refractivity contribution < 1.29 is 24.2 Å². The number of thiazole rings is 1. The number of aromatic nitrogens is 1. The number of aliphatic imine (C=N–C) groups is 1. The van der Waals surface area contributed by atoms with Gasteiger partial charge in [0, 0.05) is 36.1 Å². The number of aryl methyl sites for hydroxylation is 1. The van der Waals surface area contributed by atoms with Crippen LogP contribution in [0.4, 0.5) is 10.8 Å². The molecule has 4 heterocycles. The number of nitrogens with zero attached hydrogens (tertiary/aromatic N) is 4. The van der Waals surface area contributed by atoms with Gasteiger partial charge in [-0.2, -0.15) is 0 Å². The number of hydrogen-bond donors (Lipinski definition) is 3. The first kappa shape index (κ1) is 26.1. The van der Waals surface area contributed by atoms with Crippen LogP contribution < -0.4 is 10.6 Å². The first-order chi connectivity index (χ1) is 18.5. The second-order valence-electron chi connectivity index (χ2n) is 9.61. The number of amides is 2. The lowest BCUT2D eigenvalue weighted by atomic mass is 10.1. The largest absolute Gasteiger partial charge is 0.461 e. The Morgan fingerprint density at radius 3 is 2.84 bits per heavy atom. The topological polar surface area (TPSA) is 133 Å². The molecule has 3 aromatic rings. The van der Waals surface area contributed by atoms with Crippen LogP contribution in [-0.4, -0.2) is 70.0 Å². The maximum atomic E-state index is 13.5. The molecule has 202 valence electrons. The van der Waals surface area contributed by atoms with Crippen LogP contribution in [0.1, 0.15) is 43.6 Å². The highest BCUT2D eigenvalue weighted by Gasteiger charge is 2.30. The highest BCUT2D eigenvalue weighted by Crippen LogP contribution is 2.24. The van der Waals surface area contributed by atoms with Gasteiger partial charge in [-0.3, -0.25) is 14.8 Å². The third kappa shape index (κ3) is 6.32. The summed E-state index contributed by atoms with van der Waals surface area (Å²) >= 11 is 1.33. The van der Waals surface area contributed by atoms with Crippen LogP contribution in [0.15, 0.2) is 39.1 Å². The summed E-state index contributed by atoms with van der Waals surface area (Å²) in [6, 6.07) is 7.03. The molecule has 2 amide bonds. The first-order valence-corrected chi connectivity index (χ1v) is 13.8. The zero-order valence-electron chi connectivity index (χ0n) is 21.3. The summed E-state index contributed by atoms with van der Waals surface area (Å²) in [6.45, 7) is 4.03. The third-order valence-corrected chi connectivity index (χ3v) is 7.52. The van der Waals surface area contributed by atoms with Gasteiger partial charge in [0.25, 0.3) is 0 Å². The molecular formula is C26H32N6O5S. The Hall–Kier alpha value is -3.48. The maximum Gasteiger partial charge on any atom is 0.247 e. The van der Waals surface area contributed by atoms with E-state index in [1.807, 2.05) is 36.1 Å². The monoisotopic (exact) mass is 540 g/mol. The van der Waals surface area contributed by atoms with Crippen LogP contribution in [0.2, 0.25) is 0 Å². The summed E-state index contributed by atoms with van der Waals surface area (Å²) in [5, 5.41) is 18.5. The molecule has 0 bridgehead atoms. The van der Waals surface area contributed by atoms with Crippen molar-refractivity contribution in [1.29, 1.82) is 0 Å². The standard InChI is InChI=1S/C26H32N6O5S/c1-17-12-18-13-19(7-8-22(18)37-17)27-25(30-26-28-20(15-36-35)16-38-26)29-21-6-2-3-11-32(24(21)34)14-23(33)31-9-4-5-10-31/h7-8,12-13,16,21,35H,2-6,9-11,14-15H2,1H3,(H2,27,28,29,30). The molecule has 2 fully saturated rings. The molecule has 1 aromatic carbocycles. The van der Waals surface area contributed by atoms with Gasteiger partial charge in [0.1, 0.15) is 24.0 Å². The number of benzene rings is 1. The van der Waals surface area contributed by atoms with Crippen LogP contribution in [-0.2, 0) is 21.1 Å². The van der Waals surface area contributed by atoms with Gasteiger partial charge < -0.3 is 24.9 Å². The summed E-state index contributed by atoms with van der Waals surface area (Å²) in [5.41, 5.74) is 2.11. The van der Waals surface area contributed by atoms with Crippen LogP contribution in [0, 0.1) is 6.92 Å². The Labute approximate surface area is 224 Å². The summed E-state index contributed by atoms with van der Waals surface area (Å²) < 4.78 is 5.68. The normalized spacial score (nSPS) is 18.7. The van der Waals surface area contributed by atoms with Gasteiger partial charge >= 0.3 is 0 Å². The van der Waals surface area contributed by atoms with Crippen LogP contribution in [0.3, 0.4) is 0 Å². The maximum absolute atomic E-state index is 13.5. The average Bonchev–Trinajstić information content (AvgIpc) is 3.63. The van der Waals surface area contributed by atoms with E-state index in [1.165, 1.54) is 11.3 Å². The minimum atomic E-state index is -0.640. The zero-order valence-corrected chi connectivity index (χ0v) is 22.1. The molecule has 0 spiro atoms. The number of guanidine groups is 1. The predicted octanol–water partition coefficient (Wildman–Crippen LogP) is 4.07. The lowest BCUT2D eigenvalue weighted by Crippen LogP contribution is -2.45. The molecule has 38 heavy (non-hydrogen) atoms. The molecule has 1 unspecified atom stereocenters. The lowest BCUT2D eigenvalue weighted by molar-refractivity contribution is -0.253. The van der Waals surface area contributed by atoms with E-state index in [-0.39, 0.29) is 25.0 Å². The van der Waals surface area contributed by atoms with Gasteiger partial charge in [-0.25, -0.2) is 14.9 Å². The number of fused-ring (bicyclic) bond motifs is 1. The quantitative estimate of drug-likeness (QED) is 0.177. The number of furan rings is 1. The van der Waals surface area contributed by atoms with Gasteiger partial charge in [-0.15, -0.1) is 11.3 Å². The van der Waals surface area contributed by atoms with E-state index in [9.17, 15) is 9.59 Å². The van der Waals surface area contributed by atoms with Gasteiger partial charge in [0.2, 0.25) is 17.8 Å². The van der Waals surface area contributed by atoms with Gasteiger partial charge in [0.15, 0.2) is 5.13 Å². The fourth-order valence-electron chi connectivity index (χ4n) is 4.83. The fraction of sp³-hybridized carbons (Fsp3) is 0.462. The number of carbonyl (C=O) groups excluding carboxylic acids is 2. The Morgan fingerprint density at radius 2 is 2.03 bits per heavy atom. The van der Waals surface area contributed by atoms with Crippen LogP contribution in [0.5, 0.6) is 0 Å². The molecule has 3 N–H and O–H groups in total.